The molecule has 4 radical (unpaired) electrons. The molecule has 3 aromatic heterocycles. The molecule has 8 heteroatoms. The standard InChI is InChI=1S/C44H30N4.C6H7N.B.FH.Rh/c1-5-13-30(14-6-1)41-39-26-25-36(47-39)28-35-22-21-33(45-35)27-34-23-24-37(46-34)29-40-42(31-15-7-2-8-16-31)43(32-17-9-3-10-18-32)44(41)48(40)38-19-11-4-12-20-38;1-2-4-6-7-5-3-1;;;/h1-29,45H;1-7H;;1H;. The third-order valence-electron chi connectivity index (χ3n) is 9.59. The summed E-state index contributed by atoms with van der Waals surface area (Å²) in [6.07, 6.45) is 20.0. The van der Waals surface area contributed by atoms with E-state index in [2.05, 4.69) is 191 Å². The fraction of sp³-hybridized carbons (Fsp3) is 0. The van der Waals surface area contributed by atoms with Crippen molar-refractivity contribution >= 4 is 54.8 Å². The van der Waals surface area contributed by atoms with Crippen LogP contribution < -0.4 is 5.32 Å². The van der Waals surface area contributed by atoms with Gasteiger partial charge in [-0.2, -0.15) is 0 Å². The van der Waals surface area contributed by atoms with Crippen LogP contribution in [0.4, 0.5) is 4.70 Å². The average molecular weight is 842 g/mol. The monoisotopic (exact) mass is 841 g/mol. The van der Waals surface area contributed by atoms with Gasteiger partial charge in [-0.05, 0) is 95.6 Å². The zero-order valence-electron chi connectivity index (χ0n) is 31.4. The largest absolute Gasteiger partial charge is 0.368 e. The molecule has 0 aliphatic carbocycles. The second-order valence-corrected chi connectivity index (χ2v) is 13.2. The molecule has 10 rings (SSSR count). The molecule has 0 saturated carbocycles. The van der Waals surface area contributed by atoms with Crippen LogP contribution in [0.15, 0.2) is 188 Å². The Morgan fingerprint density at radius 2 is 0.914 bits per heavy atom. The number of halogens is 1. The minimum absolute atomic E-state index is 0. The maximum atomic E-state index is 5.29. The third kappa shape index (κ3) is 8.58. The zero-order chi connectivity index (χ0) is 36.8. The Balaban J connectivity index is 0.000000516. The Morgan fingerprint density at radius 1 is 0.448 bits per heavy atom. The number of hydrogen-bond acceptors (Lipinski definition) is 3. The molecule has 7 aromatic rings. The molecule has 282 valence electrons. The number of nitrogens with zero attached hydrogens (tertiary/aromatic N) is 3. The molecule has 0 fully saturated rings. The van der Waals surface area contributed by atoms with Crippen molar-refractivity contribution in [3.63, 3.8) is 0 Å². The molecule has 58 heavy (non-hydrogen) atoms. The van der Waals surface area contributed by atoms with Gasteiger partial charge < -0.3 is 14.9 Å². The van der Waals surface area contributed by atoms with Crippen LogP contribution in [0.25, 0.3) is 85.4 Å². The van der Waals surface area contributed by atoms with Crippen molar-refractivity contribution in [2.75, 3.05) is 0 Å². The number of allylic oxidation sites excluding steroid dienone is 4. The predicted octanol–water partition coefficient (Wildman–Crippen LogP) is 12.1. The van der Waals surface area contributed by atoms with Crippen LogP contribution in [0.2, 0.25) is 0 Å². The van der Waals surface area contributed by atoms with Crippen molar-refractivity contribution in [3.05, 3.63) is 211 Å². The summed E-state index contributed by atoms with van der Waals surface area (Å²) in [5.74, 6) is 0. The van der Waals surface area contributed by atoms with E-state index in [0.29, 0.717) is 0 Å². The van der Waals surface area contributed by atoms with Crippen molar-refractivity contribution in [1.82, 2.24) is 24.8 Å². The molecule has 5 nitrogen and oxygen atoms in total. The Bertz CT molecular complexity index is 2810. The zero-order valence-corrected chi connectivity index (χ0v) is 33.0. The quantitative estimate of drug-likeness (QED) is 0.174. The smallest absolute Gasteiger partial charge is 0.0737 e. The van der Waals surface area contributed by atoms with Crippen LogP contribution in [0.5, 0.6) is 0 Å². The van der Waals surface area contributed by atoms with Crippen LogP contribution in [0.1, 0.15) is 22.8 Å². The van der Waals surface area contributed by atoms with E-state index >= 15 is 0 Å². The van der Waals surface area contributed by atoms with Gasteiger partial charge in [0.05, 0.1) is 33.8 Å². The van der Waals surface area contributed by atoms with Gasteiger partial charge in [0.1, 0.15) is 0 Å². The van der Waals surface area contributed by atoms with E-state index in [-0.39, 0.29) is 32.6 Å². The molecule has 0 atom stereocenters. The summed E-state index contributed by atoms with van der Waals surface area (Å²) in [6, 6.07) is 53.3. The minimum atomic E-state index is 0. The van der Waals surface area contributed by atoms with E-state index in [9.17, 15) is 0 Å². The molecular formula is C50H38BFN5Rh. The first-order valence-electron chi connectivity index (χ1n) is 18.4. The maximum Gasteiger partial charge on any atom is 0.0737 e. The topological polar surface area (TPSA) is 58.5 Å². The number of para-hydroxylation sites is 1. The fourth-order valence-electron chi connectivity index (χ4n) is 7.22. The summed E-state index contributed by atoms with van der Waals surface area (Å²) in [5, 5.41) is 2.92. The number of fused-ring (bicyclic) bond motifs is 8. The van der Waals surface area contributed by atoms with Crippen LogP contribution in [-0.2, 0) is 19.5 Å². The SMILES string of the molecule is C1=CC=CNC=C1.C1=Cc2cc3c(-c4ccccc4)c(-c4ccccc4)c(c(-c4ccccc4)c4nc(cc5ccc(cc1n2)[nH]5)C=C4)n3-c1ccccc1.F.[B].[Rh]. The summed E-state index contributed by atoms with van der Waals surface area (Å²) in [5.41, 5.74) is 15.4. The van der Waals surface area contributed by atoms with Crippen LogP contribution in [0, 0.1) is 0 Å². The summed E-state index contributed by atoms with van der Waals surface area (Å²) in [7, 11) is 0. The van der Waals surface area contributed by atoms with Crippen LogP contribution in [-0.4, -0.2) is 27.9 Å². The van der Waals surface area contributed by atoms with Crippen LogP contribution in [0.3, 0.4) is 0 Å². The molecule has 3 aliphatic rings. The van der Waals surface area contributed by atoms with E-state index in [1.165, 1.54) is 0 Å². The Kier molecular flexibility index (Phi) is 13.2. The van der Waals surface area contributed by atoms with Crippen molar-refractivity contribution in [2.45, 2.75) is 0 Å². The third-order valence-corrected chi connectivity index (χ3v) is 9.59. The number of H-pyrrole nitrogens is 1. The second kappa shape index (κ2) is 18.8. The van der Waals surface area contributed by atoms with Crippen molar-refractivity contribution in [3.8, 4) is 39.1 Å². The van der Waals surface area contributed by atoms with Gasteiger partial charge in [-0.3, -0.25) is 4.70 Å². The predicted molar refractivity (Wildman–Crippen MR) is 239 cm³/mol. The molecule has 0 saturated heterocycles. The van der Waals surface area contributed by atoms with E-state index in [1.807, 2.05) is 36.7 Å². The van der Waals surface area contributed by atoms with Gasteiger partial charge in [0, 0.05) is 73.7 Å². The number of nitrogens with one attached hydrogen (secondary N) is 2. The van der Waals surface area contributed by atoms with E-state index in [0.717, 1.165) is 83.9 Å². The maximum absolute atomic E-state index is 5.29. The van der Waals surface area contributed by atoms with Gasteiger partial charge in [0.15, 0.2) is 0 Å². The average Bonchev–Trinajstić information content (AvgIpc) is 4.01. The molecule has 0 unspecified atom stereocenters. The van der Waals surface area contributed by atoms with Gasteiger partial charge in [-0.1, -0.05) is 121 Å². The van der Waals surface area contributed by atoms with Gasteiger partial charge in [0.25, 0.3) is 0 Å². The first kappa shape index (κ1) is 40.8. The van der Waals surface area contributed by atoms with E-state index in [4.69, 9.17) is 9.97 Å². The van der Waals surface area contributed by atoms with E-state index in [1.54, 1.807) is 0 Å². The molecule has 8 bridgehead atoms. The summed E-state index contributed by atoms with van der Waals surface area (Å²) >= 11 is 0. The molecule has 0 spiro atoms. The van der Waals surface area contributed by atoms with Crippen molar-refractivity contribution in [2.24, 2.45) is 0 Å². The van der Waals surface area contributed by atoms with Gasteiger partial charge in [-0.15, -0.1) is 0 Å². The molecular weight excluding hydrogens is 803 g/mol. The molecule has 2 N–H and O–H groups in total. The minimum Gasteiger partial charge on any atom is -0.368 e. The van der Waals surface area contributed by atoms with Crippen molar-refractivity contribution < 1.29 is 24.2 Å². The Hall–Kier alpha value is -6.88. The van der Waals surface area contributed by atoms with Gasteiger partial charge in [0.2, 0.25) is 0 Å². The molecule has 3 aliphatic heterocycles. The van der Waals surface area contributed by atoms with E-state index < -0.39 is 0 Å². The Labute approximate surface area is 352 Å². The normalized spacial score (nSPS) is 11.9. The molecule has 6 heterocycles. The van der Waals surface area contributed by atoms with Gasteiger partial charge in [-0.25, -0.2) is 9.97 Å². The number of rotatable bonds is 4. The molecule has 0 amide bonds. The Morgan fingerprint density at radius 3 is 1.48 bits per heavy atom. The molecule has 4 aromatic carbocycles. The summed E-state index contributed by atoms with van der Waals surface area (Å²) < 4.78 is 2.41. The first-order valence-corrected chi connectivity index (χ1v) is 18.4. The number of benzene rings is 4. The second-order valence-electron chi connectivity index (χ2n) is 13.2. The summed E-state index contributed by atoms with van der Waals surface area (Å²) in [6.45, 7) is 0. The van der Waals surface area contributed by atoms with Crippen LogP contribution >= 0.6 is 0 Å². The number of hydrogen-bond donors (Lipinski definition) is 2. The number of aromatic amines is 1. The van der Waals surface area contributed by atoms with Crippen molar-refractivity contribution in [1.29, 1.82) is 0 Å². The first-order chi connectivity index (χ1) is 27.3. The number of aromatic nitrogens is 4. The van der Waals surface area contributed by atoms with Gasteiger partial charge >= 0.3 is 0 Å². The fourth-order valence-corrected chi connectivity index (χ4v) is 7.22. The summed E-state index contributed by atoms with van der Waals surface area (Å²) in [4.78, 5) is 13.9.